The summed E-state index contributed by atoms with van der Waals surface area (Å²) < 4.78 is 41.0. The SMILES string of the molecule is O=C1OC2C(c3c(O)cc(O)c4c3OC(c3cc(O)c(O)c(O)c3)C(O)C4)C3=C1C1c4c(cc(O)c(O)c4OC1(O)C(O)(O)C3=O)C(=O)OC2C1OC(=O)c2cc(O)c(O)c(O)c2-c2c(cc(O)c(O)c2O)C(=O)OCC1OC(=O)c1cc(O)c(O)c(O)c1. The van der Waals surface area contributed by atoms with E-state index in [9.17, 15) is 112 Å². The van der Waals surface area contributed by atoms with Crippen molar-refractivity contribution < 1.29 is 164 Å². The van der Waals surface area contributed by atoms with Gasteiger partial charge in [-0.1, -0.05) is 0 Å². The van der Waals surface area contributed by atoms with E-state index in [2.05, 4.69) is 0 Å². The molecule has 6 aromatic rings. The maximum absolute atomic E-state index is 15.4. The minimum absolute atomic E-state index is 0.270. The molecule has 6 aromatic carbocycles. The van der Waals surface area contributed by atoms with Gasteiger partial charge >= 0.3 is 29.8 Å². The number of benzene rings is 6. The highest BCUT2D eigenvalue weighted by molar-refractivity contribution is 6.14. The molecule has 0 spiro atoms. The Labute approximate surface area is 490 Å². The fourth-order valence-corrected chi connectivity index (χ4v) is 11.8. The van der Waals surface area contributed by atoms with Crippen LogP contribution < -0.4 is 9.47 Å². The van der Waals surface area contributed by atoms with Gasteiger partial charge in [-0.2, -0.15) is 0 Å². The third kappa shape index (κ3) is 8.16. The first-order chi connectivity index (χ1) is 41.8. The number of Topliss-reactive ketones (excluding diaryl/α,β-unsaturated/α-hetero) is 1. The first-order valence-corrected chi connectivity index (χ1v) is 25.5. The molecule has 9 atom stereocenters. The van der Waals surface area contributed by atoms with Crippen LogP contribution >= 0.6 is 0 Å². The van der Waals surface area contributed by atoms with Gasteiger partial charge in [0.1, 0.15) is 23.9 Å². The number of ether oxygens (including phenoxy) is 7. The lowest BCUT2D eigenvalue weighted by Crippen LogP contribution is -2.69. The summed E-state index contributed by atoms with van der Waals surface area (Å²) in [5.74, 6) is -48.7. The quantitative estimate of drug-likeness (QED) is 0.0477. The molecule has 6 aliphatic heterocycles. The van der Waals surface area contributed by atoms with Gasteiger partial charge in [0.15, 0.2) is 99.5 Å². The van der Waals surface area contributed by atoms with Crippen molar-refractivity contribution in [2.24, 2.45) is 0 Å². The molecule has 0 amide bonds. The van der Waals surface area contributed by atoms with Gasteiger partial charge in [-0.25, -0.2) is 24.0 Å². The van der Waals surface area contributed by atoms with Crippen molar-refractivity contribution in [1.29, 1.82) is 0 Å². The van der Waals surface area contributed by atoms with Crippen molar-refractivity contribution in [3.63, 3.8) is 0 Å². The van der Waals surface area contributed by atoms with Gasteiger partial charge in [-0.05, 0) is 42.5 Å². The van der Waals surface area contributed by atoms with Crippen LogP contribution in [-0.2, 0) is 39.7 Å². The maximum atomic E-state index is 15.4. The second-order valence-electron chi connectivity index (χ2n) is 21.0. The van der Waals surface area contributed by atoms with Crippen molar-refractivity contribution >= 4 is 35.6 Å². The summed E-state index contributed by atoms with van der Waals surface area (Å²) in [5, 5.41) is 223. The van der Waals surface area contributed by atoms with Gasteiger partial charge in [0, 0.05) is 51.4 Å². The molecule has 33 heteroatoms. The monoisotopic (exact) mass is 1240 g/mol. The van der Waals surface area contributed by atoms with Gasteiger partial charge in [-0.3, -0.25) is 4.79 Å². The van der Waals surface area contributed by atoms with E-state index in [1.165, 1.54) is 0 Å². The molecular weight excluding hydrogens is 1200 g/mol. The summed E-state index contributed by atoms with van der Waals surface area (Å²) in [4.78, 5) is 90.5. The number of ketones is 1. The number of aromatic hydroxyl groups is 16. The van der Waals surface area contributed by atoms with Crippen LogP contribution in [0.3, 0.4) is 0 Å². The first-order valence-electron chi connectivity index (χ1n) is 25.5. The Morgan fingerprint density at radius 3 is 1.58 bits per heavy atom. The average molecular weight is 1240 g/mol. The lowest BCUT2D eigenvalue weighted by atomic mass is 9.64. The molecule has 7 aliphatic rings. The summed E-state index contributed by atoms with van der Waals surface area (Å²) in [6.45, 7) is -1.67. The fourth-order valence-electron chi connectivity index (χ4n) is 11.8. The number of aliphatic hydroxyl groups is 4. The zero-order valence-electron chi connectivity index (χ0n) is 43.9. The number of carbonyl (C=O) groups excluding carboxylic acids is 6. The standard InChI is InChI=1S/C56H40O33/c57-17-9-18(58)31(44-13(17)5-26(66)43(85-44)11-1-19(59)36(67)20(60)2-11)32-33-34-35-30-16(8-25(65)40(71)46(30)89-56(35,82)55(80,81)49(33)74)53(78)88-48(47(32)87-54(34)79)45-27(84-50(75)12-3-21(61)37(68)22(62)4-12)10-83-51(76)14-6-23(63)38(69)41(72)28(14)29-15(52(77)86-45)7-24(64)39(70)42(29)73/h1-4,6-9,26-27,32,35,43,45,47-48,57-73,80-82H,5,10H2. The van der Waals surface area contributed by atoms with Crippen molar-refractivity contribution in [3.05, 3.63) is 104 Å². The van der Waals surface area contributed by atoms with E-state index >= 15 is 19.2 Å². The summed E-state index contributed by atoms with van der Waals surface area (Å²) in [6, 6.07) is 3.96. The molecule has 0 saturated carbocycles. The first kappa shape index (κ1) is 57.7. The van der Waals surface area contributed by atoms with Crippen LogP contribution in [0.5, 0.6) is 103 Å². The molecule has 13 rings (SSSR count). The molecule has 462 valence electrons. The average Bonchev–Trinajstić information content (AvgIpc) is 1.60. The molecule has 0 fully saturated rings. The molecule has 1 aliphatic carbocycles. The number of phenolic OH excluding ortho intramolecular Hbond substituents is 16. The number of hydrogen-bond donors (Lipinski definition) is 20. The van der Waals surface area contributed by atoms with Crippen LogP contribution in [0, 0.1) is 0 Å². The maximum Gasteiger partial charge on any atom is 0.339 e. The number of fused-ring (bicyclic) bond motifs is 7. The molecule has 0 aromatic heterocycles. The molecule has 33 nitrogen and oxygen atoms in total. The molecule has 20 N–H and O–H groups in total. The fraction of sp³-hybridized carbons (Fsp3) is 0.214. The van der Waals surface area contributed by atoms with E-state index in [4.69, 9.17) is 33.2 Å². The van der Waals surface area contributed by atoms with Gasteiger partial charge in [-0.15, -0.1) is 0 Å². The Morgan fingerprint density at radius 2 is 0.989 bits per heavy atom. The lowest BCUT2D eigenvalue weighted by Gasteiger charge is -2.49. The minimum Gasteiger partial charge on any atom is -0.507 e. The largest absolute Gasteiger partial charge is 0.507 e. The van der Waals surface area contributed by atoms with Gasteiger partial charge in [0.25, 0.3) is 11.6 Å². The molecule has 6 heterocycles. The third-order valence-electron chi connectivity index (χ3n) is 15.9. The van der Waals surface area contributed by atoms with E-state index in [-0.39, 0.29) is 6.07 Å². The van der Waals surface area contributed by atoms with E-state index < -0.39 is 279 Å². The highest BCUT2D eigenvalue weighted by atomic mass is 16.7. The van der Waals surface area contributed by atoms with Crippen molar-refractivity contribution in [2.45, 2.75) is 66.5 Å². The Bertz CT molecular complexity index is 4250. The van der Waals surface area contributed by atoms with Gasteiger partial charge in [0.2, 0.25) is 23.0 Å². The van der Waals surface area contributed by atoms with Crippen molar-refractivity contribution in [1.82, 2.24) is 0 Å². The smallest absolute Gasteiger partial charge is 0.339 e. The highest BCUT2D eigenvalue weighted by Crippen LogP contribution is 2.65. The normalized spacial score (nSPS) is 24.7. The van der Waals surface area contributed by atoms with Gasteiger partial charge < -0.3 is 135 Å². The number of hydrogen-bond acceptors (Lipinski definition) is 33. The van der Waals surface area contributed by atoms with Crippen LogP contribution in [0.15, 0.2) is 59.7 Å². The minimum atomic E-state index is -4.47. The number of rotatable bonds is 5. The molecular formula is C56H40O33. The van der Waals surface area contributed by atoms with Crippen molar-refractivity contribution in [2.75, 3.05) is 6.61 Å². The molecule has 4 bridgehead atoms. The Kier molecular flexibility index (Phi) is 12.6. The Morgan fingerprint density at radius 1 is 0.483 bits per heavy atom. The summed E-state index contributed by atoms with van der Waals surface area (Å²) in [7, 11) is 0. The lowest BCUT2D eigenvalue weighted by molar-refractivity contribution is -0.324. The zero-order chi connectivity index (χ0) is 64.4. The number of aliphatic hydroxyl groups excluding tert-OH is 1. The number of esters is 5. The molecule has 0 saturated heterocycles. The predicted molar refractivity (Wildman–Crippen MR) is 275 cm³/mol. The van der Waals surface area contributed by atoms with Gasteiger partial charge in [0.05, 0.1) is 45.8 Å². The Balaban J connectivity index is 1.17. The van der Waals surface area contributed by atoms with Crippen LogP contribution in [0.1, 0.15) is 81.6 Å². The van der Waals surface area contributed by atoms with Crippen LogP contribution in [0.25, 0.3) is 11.1 Å². The summed E-state index contributed by atoms with van der Waals surface area (Å²) in [5.41, 5.74) is -12.8. The molecule has 89 heavy (non-hydrogen) atoms. The van der Waals surface area contributed by atoms with E-state index in [0.717, 1.165) is 12.1 Å². The zero-order valence-corrected chi connectivity index (χ0v) is 43.9. The number of cyclic esters (lactones) is 2. The second-order valence-corrected chi connectivity index (χ2v) is 21.0. The van der Waals surface area contributed by atoms with Crippen LogP contribution in [0.2, 0.25) is 0 Å². The Hall–Kier alpha value is -11.7. The predicted octanol–water partition coefficient (Wildman–Crippen LogP) is 0.275. The van der Waals surface area contributed by atoms with Crippen molar-refractivity contribution in [3.8, 4) is 115 Å². The topological polar surface area (TPSA) is 572 Å². The summed E-state index contributed by atoms with van der Waals surface area (Å²) in [6.07, 6.45) is -16.5. The molecule has 9 unspecified atom stereocenters. The van der Waals surface area contributed by atoms with Crippen LogP contribution in [0.4, 0.5) is 0 Å². The number of carbonyl (C=O) groups is 6. The van der Waals surface area contributed by atoms with E-state index in [0.29, 0.717) is 30.3 Å². The van der Waals surface area contributed by atoms with Crippen LogP contribution in [-0.4, -0.2) is 186 Å². The second kappa shape index (κ2) is 19.4. The number of phenols is 16. The summed E-state index contributed by atoms with van der Waals surface area (Å²) >= 11 is 0. The highest BCUT2D eigenvalue weighted by Gasteiger charge is 2.75. The van der Waals surface area contributed by atoms with E-state index in [1.807, 2.05) is 0 Å². The van der Waals surface area contributed by atoms with E-state index in [1.54, 1.807) is 0 Å². The molecule has 0 radical (unpaired) electrons. The third-order valence-corrected chi connectivity index (χ3v) is 15.9.